The van der Waals surface area contributed by atoms with Gasteiger partial charge in [0.25, 0.3) is 0 Å². The predicted molar refractivity (Wildman–Crippen MR) is 138 cm³/mol. The van der Waals surface area contributed by atoms with Gasteiger partial charge in [-0.2, -0.15) is 0 Å². The summed E-state index contributed by atoms with van der Waals surface area (Å²) in [5.74, 6) is 2.58. The molecule has 0 aromatic heterocycles. The van der Waals surface area contributed by atoms with Gasteiger partial charge in [-0.3, -0.25) is 0 Å². The smallest absolute Gasteiger partial charge is 0.0115 e. The van der Waals surface area contributed by atoms with Crippen LogP contribution in [0.25, 0.3) is 0 Å². The van der Waals surface area contributed by atoms with Crippen molar-refractivity contribution in [1.29, 1.82) is 0 Å². The third-order valence-corrected chi connectivity index (χ3v) is 7.97. The largest absolute Gasteiger partial charge is 0.126 e. The molecule has 168 valence electrons. The Bertz CT molecular complexity index is 445. The van der Waals surface area contributed by atoms with Gasteiger partial charge in [0.05, 0.1) is 0 Å². The number of unbranched alkanes of at least 4 members (excludes halogenated alkanes) is 12. The van der Waals surface area contributed by atoms with E-state index in [2.05, 4.69) is 62.5 Å². The van der Waals surface area contributed by atoms with Crippen LogP contribution in [0.2, 0.25) is 0 Å². The summed E-state index contributed by atoms with van der Waals surface area (Å²) in [6.45, 7) is 6.92. The van der Waals surface area contributed by atoms with E-state index in [-0.39, 0.29) is 0 Å². The van der Waals surface area contributed by atoms with E-state index in [0.29, 0.717) is 0 Å². The summed E-state index contributed by atoms with van der Waals surface area (Å²) in [5.41, 5.74) is 1.64. The molecule has 0 bridgehead atoms. The van der Waals surface area contributed by atoms with Crippen LogP contribution in [-0.4, -0.2) is 11.5 Å². The highest BCUT2D eigenvalue weighted by Gasteiger charge is 2.09. The van der Waals surface area contributed by atoms with Gasteiger partial charge in [-0.25, -0.2) is 0 Å². The van der Waals surface area contributed by atoms with Crippen LogP contribution >= 0.6 is 23.5 Å². The molecule has 1 aromatic rings. The summed E-state index contributed by atoms with van der Waals surface area (Å²) in [6, 6.07) is 7.03. The Kier molecular flexibility index (Phi) is 18.5. The third kappa shape index (κ3) is 13.8. The van der Waals surface area contributed by atoms with Gasteiger partial charge in [-0.1, -0.05) is 110 Å². The van der Waals surface area contributed by atoms with Crippen molar-refractivity contribution in [1.82, 2.24) is 0 Å². The van der Waals surface area contributed by atoms with E-state index < -0.39 is 0 Å². The maximum absolute atomic E-state index is 2.37. The molecule has 0 heterocycles. The second-order valence-electron chi connectivity index (χ2n) is 8.42. The number of hydrogen-bond donors (Lipinski definition) is 0. The van der Waals surface area contributed by atoms with Crippen LogP contribution in [0.5, 0.6) is 0 Å². The molecule has 0 amide bonds. The monoisotopic (exact) mass is 436 g/mol. The second-order valence-corrected chi connectivity index (χ2v) is 10.7. The minimum atomic E-state index is 1.24. The molecular weight excluding hydrogens is 388 g/mol. The number of benzene rings is 1. The van der Waals surface area contributed by atoms with Crippen LogP contribution < -0.4 is 0 Å². The van der Waals surface area contributed by atoms with Gasteiger partial charge in [0.1, 0.15) is 0 Å². The van der Waals surface area contributed by atoms with Crippen molar-refractivity contribution in [2.45, 2.75) is 133 Å². The Balaban J connectivity index is 2.32. The minimum absolute atomic E-state index is 1.24. The highest BCUT2D eigenvalue weighted by atomic mass is 32.2. The zero-order chi connectivity index (χ0) is 21.0. The van der Waals surface area contributed by atoms with Crippen LogP contribution in [0.3, 0.4) is 0 Å². The van der Waals surface area contributed by atoms with Crippen molar-refractivity contribution in [3.63, 3.8) is 0 Å². The molecule has 1 aromatic carbocycles. The first-order valence-corrected chi connectivity index (χ1v) is 14.7. The van der Waals surface area contributed by atoms with E-state index in [1.807, 2.05) is 0 Å². The predicted octanol–water partition coefficient (Wildman–Crippen LogP) is 10.3. The molecule has 0 saturated carbocycles. The van der Waals surface area contributed by atoms with Crippen LogP contribution in [0.15, 0.2) is 28.0 Å². The fourth-order valence-corrected chi connectivity index (χ4v) is 6.12. The lowest BCUT2D eigenvalue weighted by molar-refractivity contribution is 0.603. The lowest BCUT2D eigenvalue weighted by Crippen LogP contribution is -1.94. The average molecular weight is 437 g/mol. The maximum atomic E-state index is 2.37. The number of rotatable bonds is 20. The molecule has 0 nitrogen and oxygen atoms in total. The summed E-state index contributed by atoms with van der Waals surface area (Å²) in [5, 5.41) is 0. The first kappa shape index (κ1) is 27.0. The van der Waals surface area contributed by atoms with Crippen LogP contribution in [0, 0.1) is 0 Å². The highest BCUT2D eigenvalue weighted by Crippen LogP contribution is 2.33. The molecule has 0 radical (unpaired) electrons. The Morgan fingerprint density at radius 2 is 0.931 bits per heavy atom. The fourth-order valence-electron chi connectivity index (χ4n) is 3.79. The molecule has 0 atom stereocenters. The van der Waals surface area contributed by atoms with E-state index >= 15 is 0 Å². The normalized spacial score (nSPS) is 11.3. The molecule has 0 N–H and O–H groups in total. The van der Waals surface area contributed by atoms with Crippen molar-refractivity contribution < 1.29 is 0 Å². The molecule has 0 saturated heterocycles. The van der Waals surface area contributed by atoms with E-state index in [9.17, 15) is 0 Å². The lowest BCUT2D eigenvalue weighted by atomic mass is 10.1. The van der Waals surface area contributed by atoms with Crippen molar-refractivity contribution in [3.05, 3.63) is 23.8 Å². The highest BCUT2D eigenvalue weighted by molar-refractivity contribution is 8.00. The van der Waals surface area contributed by atoms with Gasteiger partial charge in [0, 0.05) is 9.79 Å². The topological polar surface area (TPSA) is 0 Å². The standard InChI is InChI=1S/C27H48S2/c1-4-7-9-11-13-15-17-23-28-26-21-19-22-27(25(26)20-6-3)29-24-18-16-14-12-10-8-5-2/h19,21-22H,4-18,20,23-24H2,1-3H3. The van der Waals surface area contributed by atoms with Crippen molar-refractivity contribution >= 4 is 23.5 Å². The van der Waals surface area contributed by atoms with Gasteiger partial charge < -0.3 is 0 Å². The quantitative estimate of drug-likeness (QED) is 0.147. The van der Waals surface area contributed by atoms with Crippen molar-refractivity contribution in [2.24, 2.45) is 0 Å². The summed E-state index contributed by atoms with van der Waals surface area (Å²) in [6.07, 6.45) is 22.2. The van der Waals surface area contributed by atoms with Crippen LogP contribution in [-0.2, 0) is 6.42 Å². The molecule has 0 aliphatic carbocycles. The third-order valence-electron chi connectivity index (χ3n) is 5.60. The first-order valence-electron chi connectivity index (χ1n) is 12.7. The maximum Gasteiger partial charge on any atom is 0.0115 e. The summed E-state index contributed by atoms with van der Waals surface area (Å²) >= 11 is 4.22. The second kappa shape index (κ2) is 19.9. The fraction of sp³-hybridized carbons (Fsp3) is 0.778. The Hall–Kier alpha value is -0.0800. The Morgan fingerprint density at radius 3 is 1.34 bits per heavy atom. The first-order chi connectivity index (χ1) is 14.3. The average Bonchev–Trinajstić information content (AvgIpc) is 2.73. The molecule has 29 heavy (non-hydrogen) atoms. The molecular formula is C27H48S2. The molecule has 0 aliphatic heterocycles. The van der Waals surface area contributed by atoms with Crippen LogP contribution in [0.1, 0.15) is 123 Å². The van der Waals surface area contributed by atoms with Crippen molar-refractivity contribution in [2.75, 3.05) is 11.5 Å². The van der Waals surface area contributed by atoms with E-state index in [1.165, 1.54) is 114 Å². The SMILES string of the molecule is CCCCCCCCCSc1cccc(SCCCCCCCCC)c1CCC. The van der Waals surface area contributed by atoms with Gasteiger partial charge in [0.15, 0.2) is 0 Å². The summed E-state index contributed by atoms with van der Waals surface area (Å²) in [7, 11) is 0. The number of hydrogen-bond acceptors (Lipinski definition) is 2. The minimum Gasteiger partial charge on any atom is -0.126 e. The Labute approximate surface area is 191 Å². The van der Waals surface area contributed by atoms with E-state index in [1.54, 1.807) is 15.4 Å². The zero-order valence-corrected chi connectivity index (χ0v) is 21.4. The Morgan fingerprint density at radius 1 is 0.517 bits per heavy atom. The molecule has 0 spiro atoms. The molecule has 2 heteroatoms. The molecule has 0 fully saturated rings. The summed E-state index contributed by atoms with van der Waals surface area (Å²) in [4.78, 5) is 3.12. The molecule has 0 aliphatic rings. The number of thioether (sulfide) groups is 2. The van der Waals surface area contributed by atoms with Crippen molar-refractivity contribution in [3.8, 4) is 0 Å². The van der Waals surface area contributed by atoms with Gasteiger partial charge >= 0.3 is 0 Å². The van der Waals surface area contributed by atoms with Crippen LogP contribution in [0.4, 0.5) is 0 Å². The van der Waals surface area contributed by atoms with E-state index in [0.717, 1.165) is 0 Å². The van der Waals surface area contributed by atoms with Gasteiger partial charge in [-0.15, -0.1) is 23.5 Å². The zero-order valence-electron chi connectivity index (χ0n) is 19.8. The van der Waals surface area contributed by atoms with Gasteiger partial charge in [-0.05, 0) is 48.5 Å². The molecule has 0 unspecified atom stereocenters. The van der Waals surface area contributed by atoms with E-state index in [4.69, 9.17) is 0 Å². The summed E-state index contributed by atoms with van der Waals surface area (Å²) < 4.78 is 0. The molecule has 1 rings (SSSR count). The lowest BCUT2D eigenvalue weighted by Gasteiger charge is -2.14. The van der Waals surface area contributed by atoms with Gasteiger partial charge in [0.2, 0.25) is 0 Å².